The molecule has 0 aromatic heterocycles. The largest absolute Gasteiger partial charge is 0.485 e. The third kappa shape index (κ3) is 1.89. The summed E-state index contributed by atoms with van der Waals surface area (Å²) < 4.78 is 7.62. The van der Waals surface area contributed by atoms with Crippen molar-refractivity contribution in [2.45, 2.75) is 44.6 Å². The molecule has 1 unspecified atom stereocenters. The number of fused-ring (bicyclic) bond motifs is 1. The van der Waals surface area contributed by atoms with Crippen LogP contribution >= 0.6 is 15.9 Å². The van der Waals surface area contributed by atoms with Gasteiger partial charge in [-0.25, -0.2) is 0 Å². The van der Waals surface area contributed by atoms with Crippen LogP contribution in [0.25, 0.3) is 0 Å². The molecule has 1 N–H and O–H groups in total. The summed E-state index contributed by atoms with van der Waals surface area (Å²) in [7, 11) is 0. The second-order valence-corrected chi connectivity index (χ2v) is 8.74. The quantitative estimate of drug-likeness (QED) is 0.784. The molecule has 5 aliphatic rings. The highest BCUT2D eigenvalue weighted by molar-refractivity contribution is 9.10. The maximum Gasteiger partial charge on any atom is 0.157 e. The van der Waals surface area contributed by atoms with E-state index in [1.54, 1.807) is 0 Å². The zero-order valence-corrected chi connectivity index (χ0v) is 13.9. The van der Waals surface area contributed by atoms with Crippen LogP contribution in [0.5, 0.6) is 5.75 Å². The van der Waals surface area contributed by atoms with Crippen molar-refractivity contribution in [1.82, 2.24) is 0 Å². The summed E-state index contributed by atoms with van der Waals surface area (Å²) in [6, 6.07) is 6.28. The standard InChI is InChI=1S/C18H22BrNO/c19-14-2-1-3-15-17(14)21-16(10-20-15)18-7-11-4-12(8-18)6-13(5-11)9-18/h1-3,11-13,16,20H,4-10H2. The van der Waals surface area contributed by atoms with Gasteiger partial charge in [0, 0.05) is 5.41 Å². The lowest BCUT2D eigenvalue weighted by molar-refractivity contribution is -0.108. The van der Waals surface area contributed by atoms with E-state index in [-0.39, 0.29) is 0 Å². The number of nitrogens with one attached hydrogen (secondary N) is 1. The second-order valence-electron chi connectivity index (χ2n) is 7.88. The summed E-state index contributed by atoms with van der Waals surface area (Å²) in [6.45, 7) is 0.982. The molecule has 3 heteroatoms. The number of rotatable bonds is 1. The molecule has 1 heterocycles. The summed E-state index contributed by atoms with van der Waals surface area (Å²) >= 11 is 3.65. The van der Waals surface area contributed by atoms with E-state index < -0.39 is 0 Å². The fraction of sp³-hybridized carbons (Fsp3) is 0.667. The van der Waals surface area contributed by atoms with Crippen LogP contribution in [0.2, 0.25) is 0 Å². The molecule has 112 valence electrons. The van der Waals surface area contributed by atoms with Crippen molar-refractivity contribution < 1.29 is 4.74 Å². The van der Waals surface area contributed by atoms with Crippen molar-refractivity contribution in [3.8, 4) is 5.75 Å². The Bertz CT molecular complexity index is 549. The number of ether oxygens (including phenoxy) is 1. The first-order chi connectivity index (χ1) is 10.2. The van der Waals surface area contributed by atoms with Crippen molar-refractivity contribution in [3.05, 3.63) is 22.7 Å². The molecule has 1 aromatic rings. The van der Waals surface area contributed by atoms with Crippen LogP contribution in [0.3, 0.4) is 0 Å². The van der Waals surface area contributed by atoms with Gasteiger partial charge in [-0.05, 0) is 84.3 Å². The molecule has 1 aliphatic heterocycles. The van der Waals surface area contributed by atoms with Crippen LogP contribution in [0.1, 0.15) is 38.5 Å². The number of halogens is 1. The minimum atomic E-state index is 0.358. The van der Waals surface area contributed by atoms with Gasteiger partial charge in [0.15, 0.2) is 5.75 Å². The Labute approximate surface area is 134 Å². The van der Waals surface area contributed by atoms with Gasteiger partial charge in [0.1, 0.15) is 6.10 Å². The predicted octanol–water partition coefficient (Wildman–Crippen LogP) is 4.84. The van der Waals surface area contributed by atoms with Crippen molar-refractivity contribution in [1.29, 1.82) is 0 Å². The fourth-order valence-corrected chi connectivity index (χ4v) is 6.53. The Hall–Kier alpha value is -0.700. The summed E-state index contributed by atoms with van der Waals surface area (Å²) in [6.07, 6.45) is 9.08. The Kier molecular flexibility index (Phi) is 2.69. The van der Waals surface area contributed by atoms with E-state index in [0.29, 0.717) is 11.5 Å². The molecule has 4 bridgehead atoms. The Balaban J connectivity index is 1.48. The number of benzene rings is 1. The molecular weight excluding hydrogens is 326 g/mol. The number of hydrogen-bond acceptors (Lipinski definition) is 2. The average molecular weight is 348 g/mol. The summed E-state index contributed by atoms with van der Waals surface area (Å²) in [4.78, 5) is 0. The Morgan fingerprint density at radius 1 is 1.05 bits per heavy atom. The second kappa shape index (κ2) is 4.41. The summed E-state index contributed by atoms with van der Waals surface area (Å²) in [5.41, 5.74) is 1.60. The minimum absolute atomic E-state index is 0.358. The fourth-order valence-electron chi connectivity index (χ4n) is 6.07. The monoisotopic (exact) mass is 347 g/mol. The molecule has 0 amide bonds. The first kappa shape index (κ1) is 12.8. The molecular formula is C18H22BrNO. The van der Waals surface area contributed by atoms with Gasteiger partial charge >= 0.3 is 0 Å². The van der Waals surface area contributed by atoms with Gasteiger partial charge < -0.3 is 10.1 Å². The number of anilines is 1. The van der Waals surface area contributed by atoms with Crippen molar-refractivity contribution in [2.24, 2.45) is 23.2 Å². The molecule has 0 spiro atoms. The van der Waals surface area contributed by atoms with E-state index in [4.69, 9.17) is 4.74 Å². The topological polar surface area (TPSA) is 21.3 Å². The van der Waals surface area contributed by atoms with Crippen LogP contribution in [0.4, 0.5) is 5.69 Å². The van der Waals surface area contributed by atoms with Gasteiger partial charge in [0.2, 0.25) is 0 Å². The normalized spacial score (nSPS) is 43.1. The van der Waals surface area contributed by atoms with E-state index in [9.17, 15) is 0 Å². The van der Waals surface area contributed by atoms with Gasteiger partial charge in [-0.1, -0.05) is 6.07 Å². The van der Waals surface area contributed by atoms with E-state index >= 15 is 0 Å². The van der Waals surface area contributed by atoms with Gasteiger partial charge in [-0.15, -0.1) is 0 Å². The smallest absolute Gasteiger partial charge is 0.157 e. The third-order valence-electron chi connectivity index (χ3n) is 6.47. The van der Waals surface area contributed by atoms with Gasteiger partial charge in [0.25, 0.3) is 0 Å². The van der Waals surface area contributed by atoms with Crippen LogP contribution < -0.4 is 10.1 Å². The molecule has 6 rings (SSSR count). The molecule has 1 aromatic carbocycles. The number of para-hydroxylation sites is 1. The lowest BCUT2D eigenvalue weighted by Crippen LogP contribution is -2.56. The average Bonchev–Trinajstić information content (AvgIpc) is 2.46. The summed E-state index contributed by atoms with van der Waals surface area (Å²) in [5.74, 6) is 3.99. The zero-order chi connectivity index (χ0) is 14.0. The van der Waals surface area contributed by atoms with Gasteiger partial charge in [-0.2, -0.15) is 0 Å². The van der Waals surface area contributed by atoms with Crippen LogP contribution in [0.15, 0.2) is 22.7 Å². The van der Waals surface area contributed by atoms with Crippen LogP contribution in [0, 0.1) is 23.2 Å². The van der Waals surface area contributed by atoms with E-state index in [2.05, 4.69) is 39.4 Å². The van der Waals surface area contributed by atoms with Crippen LogP contribution in [-0.2, 0) is 0 Å². The first-order valence-electron chi connectivity index (χ1n) is 8.41. The lowest BCUT2D eigenvalue weighted by atomic mass is 9.48. The molecule has 4 saturated carbocycles. The molecule has 0 saturated heterocycles. The van der Waals surface area contributed by atoms with Gasteiger partial charge in [0.05, 0.1) is 16.7 Å². The highest BCUT2D eigenvalue weighted by Crippen LogP contribution is 2.62. The SMILES string of the molecule is Brc1cccc2c1OC(C13CC4CC(CC(C4)C1)C3)CN2. The molecule has 4 aliphatic carbocycles. The maximum atomic E-state index is 6.54. The van der Waals surface area contributed by atoms with Crippen molar-refractivity contribution in [2.75, 3.05) is 11.9 Å². The molecule has 0 radical (unpaired) electrons. The van der Waals surface area contributed by atoms with Gasteiger partial charge in [-0.3, -0.25) is 0 Å². The Morgan fingerprint density at radius 2 is 1.71 bits per heavy atom. The van der Waals surface area contributed by atoms with Crippen molar-refractivity contribution in [3.63, 3.8) is 0 Å². The summed E-state index contributed by atoms with van der Waals surface area (Å²) in [5, 5.41) is 3.62. The Morgan fingerprint density at radius 3 is 2.38 bits per heavy atom. The molecule has 2 nitrogen and oxygen atoms in total. The molecule has 21 heavy (non-hydrogen) atoms. The highest BCUT2D eigenvalue weighted by Gasteiger charge is 2.55. The lowest BCUT2D eigenvalue weighted by Gasteiger charge is -2.59. The van der Waals surface area contributed by atoms with Crippen molar-refractivity contribution >= 4 is 21.6 Å². The van der Waals surface area contributed by atoms with Crippen LogP contribution in [-0.4, -0.2) is 12.6 Å². The highest BCUT2D eigenvalue weighted by atomic mass is 79.9. The third-order valence-corrected chi connectivity index (χ3v) is 7.10. The minimum Gasteiger partial charge on any atom is -0.485 e. The van der Waals surface area contributed by atoms with E-state index in [0.717, 1.165) is 40.2 Å². The molecule has 1 atom stereocenters. The number of hydrogen-bond donors (Lipinski definition) is 1. The first-order valence-corrected chi connectivity index (χ1v) is 9.20. The van der Waals surface area contributed by atoms with E-state index in [1.807, 2.05) is 0 Å². The molecule has 4 fully saturated rings. The maximum absolute atomic E-state index is 6.54. The van der Waals surface area contributed by atoms with E-state index in [1.165, 1.54) is 38.5 Å². The predicted molar refractivity (Wildman–Crippen MR) is 87.7 cm³/mol. The zero-order valence-electron chi connectivity index (χ0n) is 12.3.